The van der Waals surface area contributed by atoms with E-state index in [1.807, 2.05) is 10.9 Å². The lowest BCUT2D eigenvalue weighted by molar-refractivity contribution is 0.188. The lowest BCUT2D eigenvalue weighted by Crippen LogP contribution is -2.47. The molecule has 6 heteroatoms. The Morgan fingerprint density at radius 3 is 2.65 bits per heavy atom. The number of β-amino-alcohol motifs (C(OH)–C–C–N with tert-alkyl or cyclic N) is 1. The number of hydrogen-bond donors (Lipinski definition) is 1. The second-order valence-electron chi connectivity index (χ2n) is 4.37. The van der Waals surface area contributed by atoms with Crippen LogP contribution in [0.4, 0.5) is 5.82 Å². The highest BCUT2D eigenvalue weighted by Gasteiger charge is 2.19. The van der Waals surface area contributed by atoms with Crippen LogP contribution in [0.25, 0.3) is 0 Å². The van der Waals surface area contributed by atoms with E-state index in [-0.39, 0.29) is 6.61 Å². The molecule has 0 spiro atoms. The number of anilines is 1. The number of hydrogen-bond acceptors (Lipinski definition) is 5. The first-order valence-corrected chi connectivity index (χ1v) is 6.31. The summed E-state index contributed by atoms with van der Waals surface area (Å²) in [6.45, 7) is 8.05. The third kappa shape index (κ3) is 2.95. The van der Waals surface area contributed by atoms with Crippen molar-refractivity contribution in [2.45, 2.75) is 19.9 Å². The molecular weight excluding hydrogens is 218 g/mol. The van der Waals surface area contributed by atoms with Gasteiger partial charge in [0.05, 0.1) is 12.8 Å². The van der Waals surface area contributed by atoms with Gasteiger partial charge in [0.25, 0.3) is 0 Å². The van der Waals surface area contributed by atoms with Gasteiger partial charge in [0, 0.05) is 39.3 Å². The first-order chi connectivity index (χ1) is 8.35. The molecule has 0 aromatic carbocycles. The Hall–Kier alpha value is -1.14. The van der Waals surface area contributed by atoms with Crippen LogP contribution >= 0.6 is 0 Å². The Labute approximate surface area is 102 Å². The summed E-state index contributed by atoms with van der Waals surface area (Å²) < 4.78 is 1.97. The highest BCUT2D eigenvalue weighted by Crippen LogP contribution is 2.14. The quantitative estimate of drug-likeness (QED) is 0.771. The highest BCUT2D eigenvalue weighted by molar-refractivity contribution is 5.36. The van der Waals surface area contributed by atoms with E-state index in [9.17, 15) is 0 Å². The molecule has 1 fully saturated rings. The number of aryl methyl sites for hydroxylation is 1. The third-order valence-electron chi connectivity index (χ3n) is 3.15. The minimum absolute atomic E-state index is 0.245. The first kappa shape index (κ1) is 12.3. The van der Waals surface area contributed by atoms with Crippen molar-refractivity contribution in [2.75, 3.05) is 44.2 Å². The van der Waals surface area contributed by atoms with E-state index in [2.05, 4.69) is 27.0 Å². The summed E-state index contributed by atoms with van der Waals surface area (Å²) in [6, 6.07) is 0. The standard InChI is InChI=1S/C11H21N5O/c1-2-3-16-11(10-12-13-16)15-6-4-14(5-7-15)8-9-17/h10,17H,2-9H2,1H3. The summed E-state index contributed by atoms with van der Waals surface area (Å²) in [6.07, 6.45) is 2.91. The maximum absolute atomic E-state index is 8.90. The first-order valence-electron chi connectivity index (χ1n) is 6.31. The van der Waals surface area contributed by atoms with Gasteiger partial charge < -0.3 is 10.0 Å². The van der Waals surface area contributed by atoms with Crippen molar-refractivity contribution in [3.63, 3.8) is 0 Å². The zero-order valence-electron chi connectivity index (χ0n) is 10.4. The fourth-order valence-corrected chi connectivity index (χ4v) is 2.21. The maximum Gasteiger partial charge on any atom is 0.147 e. The molecule has 1 aliphatic heterocycles. The predicted octanol–water partition coefficient (Wildman–Crippen LogP) is -0.198. The van der Waals surface area contributed by atoms with Gasteiger partial charge in [-0.05, 0) is 6.42 Å². The van der Waals surface area contributed by atoms with E-state index >= 15 is 0 Å². The molecule has 17 heavy (non-hydrogen) atoms. The van der Waals surface area contributed by atoms with Gasteiger partial charge in [0.15, 0.2) is 0 Å². The van der Waals surface area contributed by atoms with E-state index in [0.717, 1.165) is 51.5 Å². The van der Waals surface area contributed by atoms with Crippen molar-refractivity contribution in [2.24, 2.45) is 0 Å². The number of aliphatic hydroxyl groups is 1. The van der Waals surface area contributed by atoms with E-state index < -0.39 is 0 Å². The van der Waals surface area contributed by atoms with Crippen LogP contribution in [0.5, 0.6) is 0 Å². The van der Waals surface area contributed by atoms with Crippen molar-refractivity contribution >= 4 is 5.82 Å². The minimum atomic E-state index is 0.245. The van der Waals surface area contributed by atoms with Crippen LogP contribution in [-0.4, -0.2) is 64.3 Å². The zero-order valence-corrected chi connectivity index (χ0v) is 10.4. The Kier molecular flexibility index (Phi) is 4.33. The molecule has 1 saturated heterocycles. The molecule has 0 atom stereocenters. The summed E-state index contributed by atoms with van der Waals surface area (Å²) in [5, 5.41) is 17.0. The molecule has 0 aliphatic carbocycles. The Morgan fingerprint density at radius 2 is 2.00 bits per heavy atom. The van der Waals surface area contributed by atoms with Crippen LogP contribution in [-0.2, 0) is 6.54 Å². The van der Waals surface area contributed by atoms with Crippen LogP contribution in [0.2, 0.25) is 0 Å². The number of rotatable bonds is 5. The monoisotopic (exact) mass is 239 g/mol. The fraction of sp³-hybridized carbons (Fsp3) is 0.818. The summed E-state index contributed by atoms with van der Waals surface area (Å²) in [7, 11) is 0. The van der Waals surface area contributed by atoms with E-state index in [0.29, 0.717) is 0 Å². The van der Waals surface area contributed by atoms with Gasteiger partial charge >= 0.3 is 0 Å². The van der Waals surface area contributed by atoms with E-state index in [1.54, 1.807) is 0 Å². The van der Waals surface area contributed by atoms with Crippen molar-refractivity contribution in [3.05, 3.63) is 6.20 Å². The molecule has 2 heterocycles. The second kappa shape index (κ2) is 5.97. The molecule has 1 aromatic heterocycles. The molecule has 0 bridgehead atoms. The van der Waals surface area contributed by atoms with E-state index in [1.165, 1.54) is 0 Å². The molecule has 0 amide bonds. The second-order valence-corrected chi connectivity index (χ2v) is 4.37. The van der Waals surface area contributed by atoms with Crippen molar-refractivity contribution < 1.29 is 5.11 Å². The minimum Gasteiger partial charge on any atom is -0.395 e. The van der Waals surface area contributed by atoms with E-state index in [4.69, 9.17) is 5.11 Å². The fourth-order valence-electron chi connectivity index (χ4n) is 2.21. The molecule has 6 nitrogen and oxygen atoms in total. The Morgan fingerprint density at radius 1 is 1.24 bits per heavy atom. The molecule has 1 aromatic rings. The van der Waals surface area contributed by atoms with Crippen LogP contribution in [0.15, 0.2) is 6.20 Å². The zero-order chi connectivity index (χ0) is 12.1. The summed E-state index contributed by atoms with van der Waals surface area (Å²) >= 11 is 0. The molecule has 96 valence electrons. The molecule has 0 saturated carbocycles. The lowest BCUT2D eigenvalue weighted by atomic mass is 10.3. The topological polar surface area (TPSA) is 57.4 Å². The third-order valence-corrected chi connectivity index (χ3v) is 3.15. The molecule has 1 N–H and O–H groups in total. The maximum atomic E-state index is 8.90. The Balaban J connectivity index is 1.93. The summed E-state index contributed by atoms with van der Waals surface area (Å²) in [5.41, 5.74) is 0. The summed E-state index contributed by atoms with van der Waals surface area (Å²) in [4.78, 5) is 4.61. The Bertz CT molecular complexity index is 332. The molecule has 0 radical (unpaired) electrons. The van der Waals surface area contributed by atoms with Gasteiger partial charge in [-0.25, -0.2) is 4.68 Å². The molecule has 2 rings (SSSR count). The van der Waals surface area contributed by atoms with Crippen molar-refractivity contribution in [1.82, 2.24) is 19.9 Å². The number of piperazine rings is 1. The number of aliphatic hydroxyl groups excluding tert-OH is 1. The van der Waals surface area contributed by atoms with Crippen LogP contribution < -0.4 is 4.90 Å². The van der Waals surface area contributed by atoms with Gasteiger partial charge in [0.2, 0.25) is 0 Å². The number of aromatic nitrogens is 3. The average molecular weight is 239 g/mol. The van der Waals surface area contributed by atoms with Gasteiger partial charge in [-0.1, -0.05) is 12.1 Å². The van der Waals surface area contributed by atoms with Gasteiger partial charge in [0.1, 0.15) is 5.82 Å². The van der Waals surface area contributed by atoms with Crippen molar-refractivity contribution in [1.29, 1.82) is 0 Å². The normalized spacial score (nSPS) is 17.6. The lowest BCUT2D eigenvalue weighted by Gasteiger charge is -2.35. The number of nitrogens with zero attached hydrogens (tertiary/aromatic N) is 5. The molecule has 0 unspecified atom stereocenters. The van der Waals surface area contributed by atoms with Crippen LogP contribution in [0.1, 0.15) is 13.3 Å². The van der Waals surface area contributed by atoms with Crippen LogP contribution in [0, 0.1) is 0 Å². The van der Waals surface area contributed by atoms with Gasteiger partial charge in [-0.15, -0.1) is 5.10 Å². The SMILES string of the molecule is CCCn1nncc1N1CCN(CCO)CC1. The van der Waals surface area contributed by atoms with Gasteiger partial charge in [-0.3, -0.25) is 4.90 Å². The average Bonchev–Trinajstić information content (AvgIpc) is 2.79. The highest BCUT2D eigenvalue weighted by atomic mass is 16.3. The molecule has 1 aliphatic rings. The molecular formula is C11H21N5O. The predicted molar refractivity (Wildman–Crippen MR) is 66.1 cm³/mol. The smallest absolute Gasteiger partial charge is 0.147 e. The largest absolute Gasteiger partial charge is 0.395 e. The summed E-state index contributed by atoms with van der Waals surface area (Å²) in [5.74, 6) is 1.12. The van der Waals surface area contributed by atoms with Crippen molar-refractivity contribution in [3.8, 4) is 0 Å². The van der Waals surface area contributed by atoms with Crippen LogP contribution in [0.3, 0.4) is 0 Å². The van der Waals surface area contributed by atoms with Gasteiger partial charge in [-0.2, -0.15) is 0 Å².